The van der Waals surface area contributed by atoms with Gasteiger partial charge in [-0.25, -0.2) is 0 Å². The van der Waals surface area contributed by atoms with Crippen LogP contribution in [0.3, 0.4) is 0 Å². The number of nitrogens with one attached hydrogen (secondary N) is 1. The summed E-state index contributed by atoms with van der Waals surface area (Å²) in [7, 11) is 0. The van der Waals surface area contributed by atoms with E-state index in [1.165, 1.54) is 4.88 Å². The van der Waals surface area contributed by atoms with Crippen LogP contribution in [0, 0.1) is 0 Å². The van der Waals surface area contributed by atoms with Crippen molar-refractivity contribution >= 4 is 28.0 Å². The highest BCUT2D eigenvalue weighted by Gasteiger charge is 2.27. The minimum atomic E-state index is -0.0805. The number of aromatic amines is 1. The van der Waals surface area contributed by atoms with E-state index in [-0.39, 0.29) is 11.8 Å². The molecular formula is C20H23N3OS. The van der Waals surface area contributed by atoms with Gasteiger partial charge in [-0.1, -0.05) is 24.3 Å². The van der Waals surface area contributed by atoms with Crippen LogP contribution in [0.1, 0.15) is 22.2 Å². The summed E-state index contributed by atoms with van der Waals surface area (Å²) in [6, 6.07) is 12.2. The average molecular weight is 353 g/mol. The summed E-state index contributed by atoms with van der Waals surface area (Å²) in [5.74, 6) is 0.212. The highest BCUT2D eigenvalue weighted by atomic mass is 32.1. The number of H-pyrrole nitrogens is 1. The molecule has 4 rings (SSSR count). The van der Waals surface area contributed by atoms with E-state index < -0.39 is 0 Å². The molecule has 1 N–H and O–H groups in total. The molecule has 2 aromatic heterocycles. The molecule has 1 fully saturated rings. The Labute approximate surface area is 152 Å². The van der Waals surface area contributed by atoms with Gasteiger partial charge in [0.05, 0.1) is 6.04 Å². The van der Waals surface area contributed by atoms with Gasteiger partial charge >= 0.3 is 0 Å². The Morgan fingerprint density at radius 1 is 1.16 bits per heavy atom. The molecule has 1 aromatic carbocycles. The van der Waals surface area contributed by atoms with E-state index in [0.717, 1.165) is 49.2 Å². The summed E-state index contributed by atoms with van der Waals surface area (Å²) < 4.78 is 0. The lowest BCUT2D eigenvalue weighted by Gasteiger charge is -2.37. The molecule has 0 bridgehead atoms. The van der Waals surface area contributed by atoms with Crippen LogP contribution in [0.25, 0.3) is 10.9 Å². The number of hydrogen-bond donors (Lipinski definition) is 1. The Balaban J connectivity index is 1.40. The van der Waals surface area contributed by atoms with Crippen LogP contribution in [0.15, 0.2) is 48.0 Å². The molecule has 3 aromatic rings. The fraction of sp³-hybridized carbons (Fsp3) is 0.350. The summed E-state index contributed by atoms with van der Waals surface area (Å²) in [6.45, 7) is 6.99. The lowest BCUT2D eigenvalue weighted by atomic mass is 10.0. The molecule has 1 unspecified atom stereocenters. The number of nitrogens with zero attached hydrogens (tertiary/aromatic N) is 2. The van der Waals surface area contributed by atoms with Gasteiger partial charge in [0.25, 0.3) is 0 Å². The second-order valence-corrected chi connectivity index (χ2v) is 7.71. The molecule has 1 atom stereocenters. The van der Waals surface area contributed by atoms with E-state index in [0.29, 0.717) is 0 Å². The van der Waals surface area contributed by atoms with Crippen molar-refractivity contribution in [3.8, 4) is 0 Å². The molecule has 3 heterocycles. The Morgan fingerprint density at radius 2 is 1.96 bits per heavy atom. The minimum Gasteiger partial charge on any atom is -0.360 e. The number of aromatic nitrogens is 1. The van der Waals surface area contributed by atoms with Gasteiger partial charge in [-0.05, 0) is 24.4 Å². The van der Waals surface area contributed by atoms with Gasteiger partial charge in [0, 0.05) is 60.3 Å². The maximum Gasteiger partial charge on any atom is 0.181 e. The molecule has 1 aliphatic rings. The Bertz CT molecular complexity index is 847. The largest absolute Gasteiger partial charge is 0.360 e. The Morgan fingerprint density at radius 3 is 2.72 bits per heavy atom. The molecule has 1 saturated heterocycles. The number of fused-ring (bicyclic) bond motifs is 1. The summed E-state index contributed by atoms with van der Waals surface area (Å²) in [5.41, 5.74) is 1.84. The highest BCUT2D eigenvalue weighted by Crippen LogP contribution is 2.21. The number of rotatable bonds is 5. The molecule has 0 aliphatic carbocycles. The second kappa shape index (κ2) is 7.12. The van der Waals surface area contributed by atoms with Crippen LogP contribution in [-0.2, 0) is 6.54 Å². The number of piperazine rings is 1. The van der Waals surface area contributed by atoms with Crippen LogP contribution in [-0.4, -0.2) is 52.8 Å². The molecule has 0 spiro atoms. The van der Waals surface area contributed by atoms with E-state index in [9.17, 15) is 4.79 Å². The van der Waals surface area contributed by atoms with E-state index in [4.69, 9.17) is 0 Å². The minimum absolute atomic E-state index is 0.0805. The summed E-state index contributed by atoms with van der Waals surface area (Å²) >= 11 is 1.82. The molecule has 130 valence electrons. The van der Waals surface area contributed by atoms with Gasteiger partial charge < -0.3 is 4.98 Å². The number of hydrogen-bond acceptors (Lipinski definition) is 4. The van der Waals surface area contributed by atoms with Crippen LogP contribution < -0.4 is 0 Å². The molecule has 0 radical (unpaired) electrons. The number of thiophene rings is 1. The van der Waals surface area contributed by atoms with Crippen molar-refractivity contribution in [2.45, 2.75) is 19.5 Å². The predicted molar refractivity (Wildman–Crippen MR) is 103 cm³/mol. The zero-order valence-corrected chi connectivity index (χ0v) is 15.3. The zero-order valence-electron chi connectivity index (χ0n) is 14.4. The number of ketones is 1. The zero-order chi connectivity index (χ0) is 17.2. The van der Waals surface area contributed by atoms with Crippen molar-refractivity contribution in [2.75, 3.05) is 26.2 Å². The number of Topliss-reactive ketones (excluding diaryl/α,β-unsaturated/α-hetero) is 1. The first-order valence-electron chi connectivity index (χ1n) is 8.81. The molecule has 0 amide bonds. The van der Waals surface area contributed by atoms with Crippen LogP contribution in [0.5, 0.6) is 0 Å². The standard InChI is InChI=1S/C20H23N3OS/c1-15(20(24)18-13-21-19-7-3-2-6-17(18)19)23-10-8-22(9-11-23)14-16-5-4-12-25-16/h2-7,12-13,15,21H,8-11,14H2,1H3. The van der Waals surface area contributed by atoms with Gasteiger partial charge in [-0.2, -0.15) is 0 Å². The fourth-order valence-electron chi connectivity index (χ4n) is 3.60. The first-order valence-corrected chi connectivity index (χ1v) is 9.69. The predicted octanol–water partition coefficient (Wildman–Crippen LogP) is 3.62. The molecule has 4 nitrogen and oxygen atoms in total. The maximum absolute atomic E-state index is 13.0. The molecule has 25 heavy (non-hydrogen) atoms. The highest BCUT2D eigenvalue weighted by molar-refractivity contribution is 7.09. The smallest absolute Gasteiger partial charge is 0.181 e. The van der Waals surface area contributed by atoms with Crippen molar-refractivity contribution in [2.24, 2.45) is 0 Å². The van der Waals surface area contributed by atoms with Gasteiger partial charge in [0.2, 0.25) is 0 Å². The SMILES string of the molecule is CC(C(=O)c1c[nH]c2ccccc12)N1CCN(Cc2cccs2)CC1. The van der Waals surface area contributed by atoms with Crippen LogP contribution in [0.4, 0.5) is 0 Å². The lowest BCUT2D eigenvalue weighted by Crippen LogP contribution is -2.51. The monoisotopic (exact) mass is 353 g/mol. The molecule has 5 heteroatoms. The van der Waals surface area contributed by atoms with Gasteiger partial charge in [0.15, 0.2) is 5.78 Å². The third-order valence-electron chi connectivity index (χ3n) is 5.15. The average Bonchev–Trinajstić information content (AvgIpc) is 3.31. The Kier molecular flexibility index (Phi) is 4.70. The van der Waals surface area contributed by atoms with Crippen molar-refractivity contribution in [1.82, 2.24) is 14.8 Å². The molecular weight excluding hydrogens is 330 g/mol. The van der Waals surface area contributed by atoms with E-state index >= 15 is 0 Å². The van der Waals surface area contributed by atoms with Crippen molar-refractivity contribution in [1.29, 1.82) is 0 Å². The van der Waals surface area contributed by atoms with Crippen molar-refractivity contribution in [3.63, 3.8) is 0 Å². The first-order chi connectivity index (χ1) is 12.2. The van der Waals surface area contributed by atoms with Crippen molar-refractivity contribution < 1.29 is 4.79 Å². The fourth-order valence-corrected chi connectivity index (χ4v) is 4.34. The van der Waals surface area contributed by atoms with Crippen LogP contribution in [0.2, 0.25) is 0 Å². The van der Waals surface area contributed by atoms with Gasteiger partial charge in [-0.3, -0.25) is 14.6 Å². The Hall–Kier alpha value is -1.95. The quantitative estimate of drug-likeness (QED) is 0.712. The molecule has 1 aliphatic heterocycles. The maximum atomic E-state index is 13.0. The van der Waals surface area contributed by atoms with E-state index in [2.05, 4.69) is 32.3 Å². The number of carbonyl (C=O) groups excluding carboxylic acids is 1. The summed E-state index contributed by atoms with van der Waals surface area (Å²) in [4.78, 5) is 22.4. The first kappa shape index (κ1) is 16.5. The van der Waals surface area contributed by atoms with Gasteiger partial charge in [-0.15, -0.1) is 11.3 Å². The van der Waals surface area contributed by atoms with Crippen molar-refractivity contribution in [3.05, 3.63) is 58.4 Å². The lowest BCUT2D eigenvalue weighted by molar-refractivity contribution is 0.0690. The third-order valence-corrected chi connectivity index (χ3v) is 6.01. The molecule has 0 saturated carbocycles. The van der Waals surface area contributed by atoms with Crippen LogP contribution >= 0.6 is 11.3 Å². The summed E-state index contributed by atoms with van der Waals surface area (Å²) in [5, 5.41) is 3.16. The van der Waals surface area contributed by atoms with E-state index in [1.807, 2.05) is 48.7 Å². The topological polar surface area (TPSA) is 39.3 Å². The number of carbonyl (C=O) groups is 1. The summed E-state index contributed by atoms with van der Waals surface area (Å²) in [6.07, 6.45) is 1.86. The number of para-hydroxylation sites is 1. The normalized spacial score (nSPS) is 17.8. The second-order valence-electron chi connectivity index (χ2n) is 6.68. The van der Waals surface area contributed by atoms with E-state index in [1.54, 1.807) is 0 Å². The third kappa shape index (κ3) is 3.40. The number of benzene rings is 1. The van der Waals surface area contributed by atoms with Gasteiger partial charge in [0.1, 0.15) is 0 Å².